The number of amides is 1. The molecular formula is C28H23N3O3. The predicted molar refractivity (Wildman–Crippen MR) is 130 cm³/mol. The SMILES string of the molecule is C[C@]12O[C@H](C[C@]1(O)C1CC1)n1c3ccccc3c3c4c(c5c6ccccc6n2c5c31)CNC4=O. The number of aliphatic hydroxyl groups is 1. The van der Waals surface area contributed by atoms with Gasteiger partial charge < -0.3 is 24.3 Å². The third-order valence-electron chi connectivity index (χ3n) is 9.14. The van der Waals surface area contributed by atoms with Gasteiger partial charge in [0.1, 0.15) is 11.8 Å². The Kier molecular flexibility index (Phi) is 2.82. The molecule has 2 aromatic heterocycles. The molecule has 2 fully saturated rings. The van der Waals surface area contributed by atoms with E-state index in [1.807, 2.05) is 12.1 Å². The van der Waals surface area contributed by atoms with Crippen LogP contribution < -0.4 is 5.32 Å². The van der Waals surface area contributed by atoms with Crippen LogP contribution in [0.3, 0.4) is 0 Å². The zero-order valence-electron chi connectivity index (χ0n) is 18.8. The average Bonchev–Trinajstić information content (AvgIpc) is 3.37. The van der Waals surface area contributed by atoms with Crippen molar-refractivity contribution in [3.05, 3.63) is 59.7 Å². The summed E-state index contributed by atoms with van der Waals surface area (Å²) in [6, 6.07) is 16.7. The highest BCUT2D eigenvalue weighted by atomic mass is 16.6. The van der Waals surface area contributed by atoms with Gasteiger partial charge in [-0.25, -0.2) is 0 Å². The Morgan fingerprint density at radius 2 is 1.71 bits per heavy atom. The number of benzene rings is 3. The van der Waals surface area contributed by atoms with E-state index < -0.39 is 11.3 Å². The summed E-state index contributed by atoms with van der Waals surface area (Å²) >= 11 is 0. The van der Waals surface area contributed by atoms with Crippen molar-refractivity contribution in [3.8, 4) is 0 Å². The maximum absolute atomic E-state index is 13.2. The quantitative estimate of drug-likeness (QED) is 0.383. The highest BCUT2D eigenvalue weighted by molar-refractivity contribution is 6.31. The van der Waals surface area contributed by atoms with Crippen LogP contribution in [0.15, 0.2) is 48.5 Å². The standard InChI is InChI=1S/C28H23N3O3/c1-27-28(33,14-10-11-14)12-20(34-27)30-18-8-4-2-6-15(18)22-23-17(13-29-26(23)32)21-16-7-3-5-9-19(16)31(27)25(21)24(22)30/h2-9,14,20,33H,10-13H2,1H3,(H,29,32)/t20-,27+,28+/m1/s1. The molecular weight excluding hydrogens is 426 g/mol. The highest BCUT2D eigenvalue weighted by Gasteiger charge is 2.66. The molecule has 3 atom stereocenters. The maximum atomic E-state index is 13.2. The van der Waals surface area contributed by atoms with Crippen molar-refractivity contribution >= 4 is 49.5 Å². The van der Waals surface area contributed by atoms with E-state index in [-0.39, 0.29) is 18.1 Å². The zero-order chi connectivity index (χ0) is 22.6. The molecule has 0 unspecified atom stereocenters. The van der Waals surface area contributed by atoms with Gasteiger partial charge in [0.15, 0.2) is 5.72 Å². The van der Waals surface area contributed by atoms with Crippen LogP contribution in [0.25, 0.3) is 43.6 Å². The second-order valence-corrected chi connectivity index (χ2v) is 10.7. The van der Waals surface area contributed by atoms with Gasteiger partial charge in [-0.05, 0) is 43.4 Å². The topological polar surface area (TPSA) is 68.4 Å². The summed E-state index contributed by atoms with van der Waals surface area (Å²) in [6.45, 7) is 2.59. The van der Waals surface area contributed by atoms with Gasteiger partial charge in [-0.1, -0.05) is 36.4 Å². The number of carbonyl (C=O) groups excluding carboxylic acids is 1. The van der Waals surface area contributed by atoms with E-state index in [4.69, 9.17) is 4.74 Å². The Labute approximate surface area is 194 Å². The lowest BCUT2D eigenvalue weighted by molar-refractivity contribution is -0.185. The molecule has 1 aliphatic carbocycles. The molecule has 2 N–H and O–H groups in total. The first-order chi connectivity index (χ1) is 16.5. The molecule has 4 aliphatic rings. The summed E-state index contributed by atoms with van der Waals surface area (Å²) < 4.78 is 11.5. The number of carbonyl (C=O) groups is 1. The van der Waals surface area contributed by atoms with Gasteiger partial charge in [-0.3, -0.25) is 4.79 Å². The minimum absolute atomic E-state index is 0.00680. The van der Waals surface area contributed by atoms with Gasteiger partial charge in [0.2, 0.25) is 0 Å². The molecule has 6 heteroatoms. The van der Waals surface area contributed by atoms with Crippen LogP contribution in [0, 0.1) is 5.92 Å². The fourth-order valence-electron chi connectivity index (χ4n) is 7.58. The van der Waals surface area contributed by atoms with Crippen LogP contribution in [-0.2, 0) is 17.0 Å². The molecule has 34 heavy (non-hydrogen) atoms. The molecule has 3 aliphatic heterocycles. The largest absolute Gasteiger partial charge is 0.384 e. The van der Waals surface area contributed by atoms with E-state index in [9.17, 15) is 9.90 Å². The minimum Gasteiger partial charge on any atom is -0.384 e. The highest BCUT2D eigenvalue weighted by Crippen LogP contribution is 2.62. The summed E-state index contributed by atoms with van der Waals surface area (Å²) in [5.74, 6) is 0.225. The van der Waals surface area contributed by atoms with Crippen molar-refractivity contribution in [2.75, 3.05) is 0 Å². The molecule has 0 radical (unpaired) electrons. The van der Waals surface area contributed by atoms with E-state index in [1.165, 1.54) is 0 Å². The van der Waals surface area contributed by atoms with E-state index in [2.05, 4.69) is 57.8 Å². The van der Waals surface area contributed by atoms with E-state index in [0.29, 0.717) is 13.0 Å². The number of para-hydroxylation sites is 2. The normalized spacial score (nSPS) is 29.6. The van der Waals surface area contributed by atoms with Crippen molar-refractivity contribution in [1.82, 2.24) is 14.5 Å². The lowest BCUT2D eigenvalue weighted by Crippen LogP contribution is -2.52. The van der Waals surface area contributed by atoms with E-state index >= 15 is 0 Å². The van der Waals surface area contributed by atoms with Crippen LogP contribution in [0.4, 0.5) is 0 Å². The summed E-state index contributed by atoms with van der Waals surface area (Å²) in [4.78, 5) is 13.2. The molecule has 3 aromatic carbocycles. The lowest BCUT2D eigenvalue weighted by Gasteiger charge is -2.40. The molecule has 5 aromatic rings. The van der Waals surface area contributed by atoms with Crippen molar-refractivity contribution in [1.29, 1.82) is 0 Å². The maximum Gasteiger partial charge on any atom is 0.252 e. The Morgan fingerprint density at radius 3 is 2.47 bits per heavy atom. The molecule has 5 heterocycles. The third-order valence-corrected chi connectivity index (χ3v) is 9.14. The summed E-state index contributed by atoms with van der Waals surface area (Å²) in [7, 11) is 0. The first-order valence-electron chi connectivity index (χ1n) is 12.2. The number of hydrogen-bond acceptors (Lipinski definition) is 3. The summed E-state index contributed by atoms with van der Waals surface area (Å²) in [6.07, 6.45) is 2.30. The number of fused-ring (bicyclic) bond motifs is 13. The molecule has 168 valence electrons. The smallest absolute Gasteiger partial charge is 0.252 e. The Hall–Kier alpha value is -3.35. The van der Waals surface area contributed by atoms with Crippen LogP contribution in [0.2, 0.25) is 0 Å². The zero-order valence-corrected chi connectivity index (χ0v) is 18.8. The van der Waals surface area contributed by atoms with Crippen molar-refractivity contribution < 1.29 is 14.6 Å². The Morgan fingerprint density at radius 1 is 1.00 bits per heavy atom. The van der Waals surface area contributed by atoms with Crippen LogP contribution in [-0.4, -0.2) is 25.7 Å². The minimum atomic E-state index is -0.963. The second kappa shape index (κ2) is 5.32. The monoisotopic (exact) mass is 449 g/mol. The number of hydrogen-bond donors (Lipinski definition) is 2. The lowest BCUT2D eigenvalue weighted by atomic mass is 9.84. The number of nitrogens with one attached hydrogen (secondary N) is 1. The third kappa shape index (κ3) is 1.70. The molecule has 6 nitrogen and oxygen atoms in total. The molecule has 2 bridgehead atoms. The molecule has 0 spiro atoms. The van der Waals surface area contributed by atoms with Crippen molar-refractivity contribution in [3.63, 3.8) is 0 Å². The van der Waals surface area contributed by atoms with E-state index in [0.717, 1.165) is 67.6 Å². The van der Waals surface area contributed by atoms with Crippen LogP contribution in [0.5, 0.6) is 0 Å². The number of rotatable bonds is 1. The average molecular weight is 450 g/mol. The van der Waals surface area contributed by atoms with Crippen molar-refractivity contribution in [2.45, 2.75) is 50.3 Å². The molecule has 1 saturated carbocycles. The van der Waals surface area contributed by atoms with Crippen LogP contribution in [0.1, 0.15) is 48.3 Å². The van der Waals surface area contributed by atoms with Gasteiger partial charge >= 0.3 is 0 Å². The first kappa shape index (κ1) is 18.0. The Balaban J connectivity index is 1.64. The van der Waals surface area contributed by atoms with Gasteiger partial charge in [-0.2, -0.15) is 0 Å². The van der Waals surface area contributed by atoms with Crippen molar-refractivity contribution in [2.24, 2.45) is 5.92 Å². The fourth-order valence-corrected chi connectivity index (χ4v) is 7.58. The fraction of sp³-hybridized carbons (Fsp3) is 0.321. The molecule has 9 rings (SSSR count). The number of nitrogens with zero attached hydrogens (tertiary/aromatic N) is 2. The summed E-state index contributed by atoms with van der Waals surface area (Å²) in [5.41, 5.74) is 4.21. The van der Waals surface area contributed by atoms with E-state index in [1.54, 1.807) is 0 Å². The van der Waals surface area contributed by atoms with Gasteiger partial charge in [0.25, 0.3) is 5.91 Å². The second-order valence-electron chi connectivity index (χ2n) is 10.7. The first-order valence-corrected chi connectivity index (χ1v) is 12.2. The predicted octanol–water partition coefficient (Wildman–Crippen LogP) is 4.89. The van der Waals surface area contributed by atoms with Gasteiger partial charge in [0.05, 0.1) is 27.6 Å². The van der Waals surface area contributed by atoms with Gasteiger partial charge in [-0.15, -0.1) is 0 Å². The number of aromatic nitrogens is 2. The van der Waals surface area contributed by atoms with Gasteiger partial charge in [0, 0.05) is 34.5 Å². The summed E-state index contributed by atoms with van der Waals surface area (Å²) in [5, 5.41) is 19.7. The number of ether oxygens (including phenoxy) is 1. The molecule has 1 amide bonds. The van der Waals surface area contributed by atoms with Crippen LogP contribution >= 0.6 is 0 Å². The Bertz CT molecular complexity index is 1790. The molecule has 1 saturated heterocycles.